The Labute approximate surface area is 194 Å². The van der Waals surface area contributed by atoms with Crippen molar-refractivity contribution in [1.29, 1.82) is 0 Å². The van der Waals surface area contributed by atoms with Gasteiger partial charge in [-0.2, -0.15) is 0 Å². The van der Waals surface area contributed by atoms with Gasteiger partial charge in [0.1, 0.15) is 6.04 Å². The van der Waals surface area contributed by atoms with Crippen molar-refractivity contribution < 1.29 is 19.5 Å². The molecule has 4 rings (SSSR count). The van der Waals surface area contributed by atoms with Crippen LogP contribution in [0.25, 0.3) is 0 Å². The predicted octanol–water partition coefficient (Wildman–Crippen LogP) is 1.67. The standard InChI is InChI=1S/C24H35N3O4S/c1-3-4-5-13-26-14-9-11-24-19(18-17(32-24)10-8-12-25(2)21(18)29)22(30)27(15-6-7-16-28)20(24)23(26)31/h8-11,17-20,28H,3-7,12-16H2,1-2H3/t17-,18+,19-,20?,24-/m0/s1. The fraction of sp³-hybridized carbons (Fsp3) is 0.708. The van der Waals surface area contributed by atoms with Gasteiger partial charge in [0.15, 0.2) is 0 Å². The quantitative estimate of drug-likeness (QED) is 0.439. The van der Waals surface area contributed by atoms with E-state index in [1.54, 1.807) is 28.6 Å². The van der Waals surface area contributed by atoms with Crippen molar-refractivity contribution in [3.63, 3.8) is 0 Å². The summed E-state index contributed by atoms with van der Waals surface area (Å²) in [6.07, 6.45) is 12.5. The van der Waals surface area contributed by atoms with Crippen molar-refractivity contribution >= 4 is 29.5 Å². The molecule has 1 spiro atoms. The first-order valence-corrected chi connectivity index (χ1v) is 12.8. The molecule has 0 bridgehead atoms. The Balaban J connectivity index is 1.72. The van der Waals surface area contributed by atoms with Gasteiger partial charge in [0, 0.05) is 45.1 Å². The second-order valence-electron chi connectivity index (χ2n) is 9.34. The molecule has 0 aromatic carbocycles. The molecule has 32 heavy (non-hydrogen) atoms. The average molecular weight is 462 g/mol. The molecule has 0 aromatic rings. The maximum Gasteiger partial charge on any atom is 0.247 e. The molecule has 2 saturated heterocycles. The molecule has 4 aliphatic rings. The van der Waals surface area contributed by atoms with Gasteiger partial charge in [0.25, 0.3) is 0 Å². The Morgan fingerprint density at radius 1 is 1.03 bits per heavy atom. The highest BCUT2D eigenvalue weighted by Gasteiger charge is 2.70. The van der Waals surface area contributed by atoms with Crippen LogP contribution < -0.4 is 0 Å². The zero-order chi connectivity index (χ0) is 22.9. The van der Waals surface area contributed by atoms with Crippen molar-refractivity contribution in [2.75, 3.05) is 39.8 Å². The summed E-state index contributed by atoms with van der Waals surface area (Å²) >= 11 is 1.63. The predicted molar refractivity (Wildman–Crippen MR) is 125 cm³/mol. The van der Waals surface area contributed by atoms with E-state index in [4.69, 9.17) is 0 Å². The number of amides is 3. The van der Waals surface area contributed by atoms with Gasteiger partial charge in [-0.1, -0.05) is 44.1 Å². The summed E-state index contributed by atoms with van der Waals surface area (Å²) in [5.41, 5.74) is 0. The summed E-state index contributed by atoms with van der Waals surface area (Å²) in [6.45, 7) is 4.42. The number of unbranched alkanes of at least 4 members (excludes halogenated alkanes) is 3. The topological polar surface area (TPSA) is 81.2 Å². The molecular weight excluding hydrogens is 426 g/mol. The molecule has 0 radical (unpaired) electrons. The number of fused-ring (bicyclic) bond motifs is 2. The van der Waals surface area contributed by atoms with Crippen LogP contribution >= 0.6 is 11.8 Å². The zero-order valence-electron chi connectivity index (χ0n) is 19.1. The van der Waals surface area contributed by atoms with E-state index >= 15 is 0 Å². The van der Waals surface area contributed by atoms with Crippen molar-refractivity contribution in [1.82, 2.24) is 14.7 Å². The number of hydrogen-bond acceptors (Lipinski definition) is 5. The van der Waals surface area contributed by atoms with Gasteiger partial charge in [-0.15, -0.1) is 11.8 Å². The molecule has 7 nitrogen and oxygen atoms in total. The SMILES string of the molecule is CCCCCN1CC=C[C@]23S[C@H]4C=CCN(C)C(=O)[C@H]4[C@H]2C(=O)N(CCCCO)C3C1=O. The first kappa shape index (κ1) is 23.4. The number of nitrogens with zero attached hydrogens (tertiary/aromatic N) is 3. The first-order chi connectivity index (χ1) is 15.5. The summed E-state index contributed by atoms with van der Waals surface area (Å²) in [4.78, 5) is 46.3. The van der Waals surface area contributed by atoms with E-state index < -0.39 is 22.6 Å². The van der Waals surface area contributed by atoms with E-state index in [-0.39, 0.29) is 29.6 Å². The summed E-state index contributed by atoms with van der Waals surface area (Å²) in [7, 11) is 1.78. The van der Waals surface area contributed by atoms with Crippen LogP contribution in [0.3, 0.4) is 0 Å². The lowest BCUT2D eigenvalue weighted by atomic mass is 9.78. The van der Waals surface area contributed by atoms with Crippen molar-refractivity contribution in [2.45, 2.75) is 55.1 Å². The van der Waals surface area contributed by atoms with Gasteiger partial charge in [0.05, 0.1) is 16.6 Å². The van der Waals surface area contributed by atoms with Crippen LogP contribution in [0.2, 0.25) is 0 Å². The lowest BCUT2D eigenvalue weighted by Crippen LogP contribution is -2.53. The van der Waals surface area contributed by atoms with E-state index in [1.807, 2.05) is 17.1 Å². The Hall–Kier alpha value is -1.80. The lowest BCUT2D eigenvalue weighted by Gasteiger charge is -2.35. The molecule has 176 valence electrons. The minimum Gasteiger partial charge on any atom is -0.396 e. The lowest BCUT2D eigenvalue weighted by molar-refractivity contribution is -0.144. The van der Waals surface area contributed by atoms with Crippen LogP contribution in [-0.4, -0.2) is 93.4 Å². The number of rotatable bonds is 8. The van der Waals surface area contributed by atoms with Crippen LogP contribution in [0.4, 0.5) is 0 Å². The summed E-state index contributed by atoms with van der Waals surface area (Å²) in [6, 6.07) is -0.595. The van der Waals surface area contributed by atoms with Crippen LogP contribution in [0.15, 0.2) is 24.3 Å². The van der Waals surface area contributed by atoms with Gasteiger partial charge in [0.2, 0.25) is 17.7 Å². The van der Waals surface area contributed by atoms with Crippen LogP contribution in [0, 0.1) is 11.8 Å². The minimum absolute atomic E-state index is 0.000283. The maximum atomic E-state index is 13.9. The number of hydrogen-bond donors (Lipinski definition) is 1. The Bertz CT molecular complexity index is 815. The third-order valence-electron chi connectivity index (χ3n) is 7.28. The van der Waals surface area contributed by atoms with E-state index in [1.165, 1.54) is 0 Å². The van der Waals surface area contributed by atoms with Crippen molar-refractivity contribution in [3.05, 3.63) is 24.3 Å². The number of carbonyl (C=O) groups excluding carboxylic acids is 3. The molecule has 0 saturated carbocycles. The molecule has 4 heterocycles. The van der Waals surface area contributed by atoms with Gasteiger partial charge < -0.3 is 19.8 Å². The molecule has 0 aliphatic carbocycles. The smallest absolute Gasteiger partial charge is 0.247 e. The summed E-state index contributed by atoms with van der Waals surface area (Å²) in [5, 5.41) is 9.15. The van der Waals surface area contributed by atoms with E-state index in [0.717, 1.165) is 19.3 Å². The van der Waals surface area contributed by atoms with Gasteiger partial charge in [-0.3, -0.25) is 14.4 Å². The molecule has 5 atom stereocenters. The van der Waals surface area contributed by atoms with Gasteiger partial charge >= 0.3 is 0 Å². The minimum atomic E-state index is -0.722. The number of aliphatic hydroxyl groups excluding tert-OH is 1. The molecular formula is C24H35N3O4S. The average Bonchev–Trinajstić information content (AvgIpc) is 3.10. The molecule has 0 aromatic heterocycles. The van der Waals surface area contributed by atoms with Crippen LogP contribution in [0.5, 0.6) is 0 Å². The molecule has 4 aliphatic heterocycles. The van der Waals surface area contributed by atoms with Gasteiger partial charge in [-0.05, 0) is 19.3 Å². The monoisotopic (exact) mass is 461 g/mol. The second-order valence-corrected chi connectivity index (χ2v) is 10.8. The van der Waals surface area contributed by atoms with Crippen LogP contribution in [-0.2, 0) is 14.4 Å². The summed E-state index contributed by atoms with van der Waals surface area (Å²) in [5.74, 6) is -1.09. The number of likely N-dealkylation sites (tertiary alicyclic amines) is 1. The molecule has 2 fully saturated rings. The Morgan fingerprint density at radius 3 is 2.56 bits per heavy atom. The zero-order valence-corrected chi connectivity index (χ0v) is 19.9. The molecule has 3 amide bonds. The van der Waals surface area contributed by atoms with Crippen molar-refractivity contribution in [3.8, 4) is 0 Å². The highest BCUT2D eigenvalue weighted by Crippen LogP contribution is 2.60. The van der Waals surface area contributed by atoms with Crippen molar-refractivity contribution in [2.24, 2.45) is 11.8 Å². The Morgan fingerprint density at radius 2 is 1.81 bits per heavy atom. The number of likely N-dealkylation sites (N-methyl/N-ethyl adjacent to an activating group) is 1. The Kier molecular flexibility index (Phi) is 7.00. The van der Waals surface area contributed by atoms with Gasteiger partial charge in [-0.25, -0.2) is 0 Å². The third kappa shape index (κ3) is 3.79. The largest absolute Gasteiger partial charge is 0.396 e. The number of carbonyl (C=O) groups is 3. The third-order valence-corrected chi connectivity index (χ3v) is 9.03. The molecule has 1 unspecified atom stereocenters. The van der Waals surface area contributed by atoms with E-state index in [2.05, 4.69) is 19.1 Å². The second kappa shape index (κ2) is 9.59. The molecule has 1 N–H and O–H groups in total. The number of thioether (sulfide) groups is 1. The fourth-order valence-corrected chi connectivity index (χ4v) is 7.70. The van der Waals surface area contributed by atoms with Crippen LogP contribution in [0.1, 0.15) is 39.0 Å². The maximum absolute atomic E-state index is 13.9. The van der Waals surface area contributed by atoms with E-state index in [9.17, 15) is 19.5 Å². The highest BCUT2D eigenvalue weighted by molar-refractivity contribution is 8.02. The normalized spacial score (nSPS) is 34.0. The van der Waals surface area contributed by atoms with E-state index in [0.29, 0.717) is 39.0 Å². The summed E-state index contributed by atoms with van der Waals surface area (Å²) < 4.78 is -0.722. The number of aliphatic hydroxyl groups is 1. The first-order valence-electron chi connectivity index (χ1n) is 11.9. The molecule has 8 heteroatoms. The highest BCUT2D eigenvalue weighted by atomic mass is 32.2. The fourth-order valence-electron chi connectivity index (χ4n) is 5.70.